The Morgan fingerprint density at radius 2 is 1.21 bits per heavy atom. The Morgan fingerprint density at radius 3 is 1.81 bits per heavy atom. The molecule has 0 spiro atoms. The number of carbonyl (C=O) groups is 5. The van der Waals surface area contributed by atoms with Crippen LogP contribution >= 0.6 is 0 Å². The molecule has 7 N–H and O–H groups in total. The molecule has 0 fully saturated rings. The van der Waals surface area contributed by atoms with E-state index in [4.69, 9.17) is 5.73 Å². The monoisotopic (exact) mass is 586 g/mol. The van der Waals surface area contributed by atoms with Crippen LogP contribution in [0.5, 0.6) is 0 Å². The van der Waals surface area contributed by atoms with Crippen molar-refractivity contribution in [3.8, 4) is 0 Å². The summed E-state index contributed by atoms with van der Waals surface area (Å²) in [7, 11) is 0. The van der Waals surface area contributed by atoms with Gasteiger partial charge in [0.05, 0.1) is 5.69 Å². The number of amides is 5. The lowest BCUT2D eigenvalue weighted by molar-refractivity contribution is -0.133. The molecular formula is C32H38N6O5. The van der Waals surface area contributed by atoms with Crippen molar-refractivity contribution in [1.82, 2.24) is 21.4 Å². The highest BCUT2D eigenvalue weighted by molar-refractivity contribution is 5.94. The molecule has 0 aliphatic rings. The molecule has 0 heterocycles. The number of carbonyl (C=O) groups excluding carboxylic acids is 5. The highest BCUT2D eigenvalue weighted by Crippen LogP contribution is 2.08. The molecular weight excluding hydrogens is 548 g/mol. The fourth-order valence-corrected chi connectivity index (χ4v) is 4.21. The number of para-hydroxylation sites is 1. The van der Waals surface area contributed by atoms with Crippen LogP contribution in [0, 0.1) is 0 Å². The molecule has 0 radical (unpaired) electrons. The SMILES string of the molecule is C[C@H](NC(=O)CCc1ccccc1)C(=O)N[C@@H](Cc1ccccc1)C(=O)N[C@@H](CCC(N)=O)C(=O)NNc1ccccc1. The van der Waals surface area contributed by atoms with Crippen molar-refractivity contribution in [2.24, 2.45) is 5.73 Å². The highest BCUT2D eigenvalue weighted by Gasteiger charge is 2.29. The van der Waals surface area contributed by atoms with Crippen molar-refractivity contribution in [1.29, 1.82) is 0 Å². The molecule has 226 valence electrons. The van der Waals surface area contributed by atoms with E-state index in [0.717, 1.165) is 11.1 Å². The molecule has 0 aliphatic carbocycles. The van der Waals surface area contributed by atoms with Gasteiger partial charge in [-0.05, 0) is 43.0 Å². The van der Waals surface area contributed by atoms with Gasteiger partial charge in [0.25, 0.3) is 5.91 Å². The molecule has 0 aliphatic heterocycles. The van der Waals surface area contributed by atoms with Crippen LogP contribution in [0.1, 0.15) is 37.3 Å². The summed E-state index contributed by atoms with van der Waals surface area (Å²) in [5, 5.41) is 8.03. The normalized spacial score (nSPS) is 12.6. The number of rotatable bonds is 16. The fourth-order valence-electron chi connectivity index (χ4n) is 4.21. The summed E-state index contributed by atoms with van der Waals surface area (Å²) in [6.07, 6.45) is 0.644. The number of hydrogen-bond donors (Lipinski definition) is 6. The average molecular weight is 587 g/mol. The summed E-state index contributed by atoms with van der Waals surface area (Å²) < 4.78 is 0. The second-order valence-electron chi connectivity index (χ2n) is 10.1. The van der Waals surface area contributed by atoms with Crippen LogP contribution in [0.3, 0.4) is 0 Å². The Kier molecular flexibility index (Phi) is 12.7. The van der Waals surface area contributed by atoms with Gasteiger partial charge in [0.15, 0.2) is 0 Å². The standard InChI is InChI=1S/C32H38N6O5/c1-22(34-29(40)20-17-23-11-5-2-6-12-23)30(41)36-27(21-24-13-7-3-8-14-24)31(42)35-26(18-19-28(33)39)32(43)38-37-25-15-9-4-10-16-25/h2-16,22,26-27,37H,17-21H2,1H3,(H2,33,39)(H,34,40)(H,35,42)(H,36,41)(H,38,43)/t22-,26-,27-/m0/s1. The van der Waals surface area contributed by atoms with Gasteiger partial charge < -0.3 is 21.7 Å². The summed E-state index contributed by atoms with van der Waals surface area (Å²) in [6.45, 7) is 1.53. The Hall–Kier alpha value is -5.19. The second kappa shape index (κ2) is 16.9. The van der Waals surface area contributed by atoms with E-state index in [1.54, 1.807) is 36.4 Å². The molecule has 3 aromatic carbocycles. The lowest BCUT2D eigenvalue weighted by Gasteiger charge is -2.24. The number of benzene rings is 3. The molecule has 0 saturated heterocycles. The number of hydrazine groups is 1. The molecule has 11 nitrogen and oxygen atoms in total. The molecule has 5 amide bonds. The largest absolute Gasteiger partial charge is 0.370 e. The second-order valence-corrected chi connectivity index (χ2v) is 10.1. The van der Waals surface area contributed by atoms with Crippen molar-refractivity contribution >= 4 is 35.2 Å². The first-order chi connectivity index (χ1) is 20.7. The van der Waals surface area contributed by atoms with Gasteiger partial charge in [0.1, 0.15) is 18.1 Å². The van der Waals surface area contributed by atoms with Gasteiger partial charge in [0, 0.05) is 19.3 Å². The lowest BCUT2D eigenvalue weighted by atomic mass is 10.0. The fraction of sp³-hybridized carbons (Fsp3) is 0.281. The number of nitrogens with two attached hydrogens (primary N) is 1. The van der Waals surface area contributed by atoms with Crippen molar-refractivity contribution in [3.05, 3.63) is 102 Å². The van der Waals surface area contributed by atoms with Crippen LogP contribution in [0.15, 0.2) is 91.0 Å². The third-order valence-corrected chi connectivity index (χ3v) is 6.59. The third-order valence-electron chi connectivity index (χ3n) is 6.59. The molecule has 3 aromatic rings. The van der Waals surface area contributed by atoms with E-state index < -0.39 is 41.8 Å². The van der Waals surface area contributed by atoms with E-state index >= 15 is 0 Å². The number of primary amides is 1. The summed E-state index contributed by atoms with van der Waals surface area (Å²) >= 11 is 0. The van der Waals surface area contributed by atoms with Gasteiger partial charge in [-0.25, -0.2) is 0 Å². The molecule has 43 heavy (non-hydrogen) atoms. The molecule has 3 atom stereocenters. The van der Waals surface area contributed by atoms with Crippen molar-refractivity contribution in [2.45, 2.75) is 57.2 Å². The van der Waals surface area contributed by atoms with Gasteiger partial charge in [0.2, 0.25) is 23.6 Å². The average Bonchev–Trinajstić information content (AvgIpc) is 3.01. The van der Waals surface area contributed by atoms with Gasteiger partial charge in [-0.1, -0.05) is 78.9 Å². The van der Waals surface area contributed by atoms with Gasteiger partial charge >= 0.3 is 0 Å². The molecule has 0 saturated carbocycles. The molecule has 0 unspecified atom stereocenters. The Bertz CT molecular complexity index is 1350. The minimum atomic E-state index is -1.12. The predicted octanol–water partition coefficient (Wildman–Crippen LogP) is 1.75. The lowest BCUT2D eigenvalue weighted by Crippen LogP contribution is -2.57. The number of aryl methyl sites for hydroxylation is 1. The van der Waals surface area contributed by atoms with Gasteiger partial charge in [-0.3, -0.25) is 34.8 Å². The smallest absolute Gasteiger partial charge is 0.260 e. The Morgan fingerprint density at radius 1 is 0.651 bits per heavy atom. The van der Waals surface area contributed by atoms with E-state index in [-0.39, 0.29) is 31.6 Å². The Balaban J connectivity index is 1.66. The maximum absolute atomic E-state index is 13.5. The first-order valence-corrected chi connectivity index (χ1v) is 14.1. The minimum Gasteiger partial charge on any atom is -0.370 e. The topological polar surface area (TPSA) is 172 Å². The van der Waals surface area contributed by atoms with E-state index in [1.165, 1.54) is 6.92 Å². The summed E-state index contributed by atoms with van der Waals surface area (Å²) in [5.74, 6) is -2.72. The number of anilines is 1. The maximum Gasteiger partial charge on any atom is 0.260 e. The molecule has 0 aromatic heterocycles. The third kappa shape index (κ3) is 11.7. The first kappa shape index (κ1) is 32.3. The summed E-state index contributed by atoms with van der Waals surface area (Å²) in [6, 6.07) is 24.3. The quantitative estimate of drug-likeness (QED) is 0.140. The summed E-state index contributed by atoms with van der Waals surface area (Å²) in [4.78, 5) is 63.5. The van der Waals surface area contributed by atoms with Crippen LogP contribution in [-0.4, -0.2) is 47.7 Å². The summed E-state index contributed by atoms with van der Waals surface area (Å²) in [5.41, 5.74) is 13.0. The Labute approximate surface area is 251 Å². The minimum absolute atomic E-state index is 0.0523. The number of nitrogens with one attached hydrogen (secondary N) is 5. The number of hydrogen-bond acceptors (Lipinski definition) is 6. The van der Waals surface area contributed by atoms with Gasteiger partial charge in [-0.15, -0.1) is 0 Å². The van der Waals surface area contributed by atoms with Crippen molar-refractivity contribution in [3.63, 3.8) is 0 Å². The maximum atomic E-state index is 13.5. The van der Waals surface area contributed by atoms with Crippen LogP contribution in [0.25, 0.3) is 0 Å². The zero-order chi connectivity index (χ0) is 31.0. The van der Waals surface area contributed by atoms with Crippen LogP contribution in [-0.2, 0) is 36.8 Å². The van der Waals surface area contributed by atoms with E-state index in [9.17, 15) is 24.0 Å². The van der Waals surface area contributed by atoms with Crippen LogP contribution in [0.2, 0.25) is 0 Å². The van der Waals surface area contributed by atoms with E-state index in [1.807, 2.05) is 54.6 Å². The van der Waals surface area contributed by atoms with Gasteiger partial charge in [-0.2, -0.15) is 0 Å². The predicted molar refractivity (Wildman–Crippen MR) is 163 cm³/mol. The van der Waals surface area contributed by atoms with E-state index in [0.29, 0.717) is 12.1 Å². The first-order valence-electron chi connectivity index (χ1n) is 14.1. The molecule has 3 rings (SSSR count). The molecule has 0 bridgehead atoms. The van der Waals surface area contributed by atoms with Crippen molar-refractivity contribution < 1.29 is 24.0 Å². The zero-order valence-electron chi connectivity index (χ0n) is 24.0. The van der Waals surface area contributed by atoms with E-state index in [2.05, 4.69) is 26.8 Å². The molecule has 11 heteroatoms. The van der Waals surface area contributed by atoms with Crippen LogP contribution in [0.4, 0.5) is 5.69 Å². The highest BCUT2D eigenvalue weighted by atomic mass is 16.2. The van der Waals surface area contributed by atoms with Crippen LogP contribution < -0.4 is 32.5 Å². The van der Waals surface area contributed by atoms with Crippen molar-refractivity contribution in [2.75, 3.05) is 5.43 Å². The zero-order valence-corrected chi connectivity index (χ0v) is 24.0.